The van der Waals surface area contributed by atoms with E-state index in [4.69, 9.17) is 0 Å². The number of hydrogen-bond donors (Lipinski definition) is 2. The summed E-state index contributed by atoms with van der Waals surface area (Å²) in [6, 6.07) is 6.67. The number of esters is 1. The molecule has 1 aromatic carbocycles. The zero-order chi connectivity index (χ0) is 24.6. The third-order valence-corrected chi connectivity index (χ3v) is 8.55. The Morgan fingerprint density at radius 3 is 2.23 bits per heavy atom. The average molecular weight is 482 g/mol. The van der Waals surface area contributed by atoms with Crippen LogP contribution in [0, 0.1) is 23.2 Å². The Morgan fingerprint density at radius 2 is 1.63 bits per heavy atom. The van der Waals surface area contributed by atoms with Gasteiger partial charge in [-0.25, -0.2) is 0 Å². The van der Waals surface area contributed by atoms with Gasteiger partial charge in [-0.05, 0) is 86.8 Å². The summed E-state index contributed by atoms with van der Waals surface area (Å²) in [5, 5.41) is 5.48. The molecule has 1 heterocycles. The van der Waals surface area contributed by atoms with Gasteiger partial charge in [0.25, 0.3) is 0 Å². The van der Waals surface area contributed by atoms with Crippen molar-refractivity contribution < 1.29 is 23.9 Å². The lowest BCUT2D eigenvalue weighted by Crippen LogP contribution is -2.56. The van der Waals surface area contributed by atoms with Crippen molar-refractivity contribution in [1.29, 1.82) is 0 Å². The number of anilines is 1. The van der Waals surface area contributed by atoms with Crippen molar-refractivity contribution >= 4 is 29.4 Å². The molecule has 5 fully saturated rings. The van der Waals surface area contributed by atoms with Crippen molar-refractivity contribution in [2.75, 3.05) is 25.5 Å². The summed E-state index contributed by atoms with van der Waals surface area (Å²) in [6.45, 7) is 0.502. The molecule has 0 radical (unpaired) electrons. The Bertz CT molecular complexity index is 969. The van der Waals surface area contributed by atoms with E-state index < -0.39 is 12.0 Å². The summed E-state index contributed by atoms with van der Waals surface area (Å²) >= 11 is 0. The van der Waals surface area contributed by atoms with Gasteiger partial charge in [0.05, 0.1) is 18.9 Å². The van der Waals surface area contributed by atoms with Crippen molar-refractivity contribution in [3.05, 3.63) is 29.8 Å². The average Bonchev–Trinajstić information content (AvgIpc) is 3.32. The van der Waals surface area contributed by atoms with Crippen molar-refractivity contribution in [1.82, 2.24) is 10.2 Å². The molecule has 1 saturated heterocycles. The number of amides is 3. The van der Waals surface area contributed by atoms with E-state index in [1.807, 2.05) is 4.90 Å². The quantitative estimate of drug-likeness (QED) is 0.583. The van der Waals surface area contributed by atoms with E-state index in [0.717, 1.165) is 31.2 Å². The number of nitrogens with one attached hydrogen (secondary N) is 2. The van der Waals surface area contributed by atoms with Gasteiger partial charge >= 0.3 is 5.97 Å². The molecule has 4 saturated carbocycles. The number of nitrogens with zero attached hydrogens (tertiary/aromatic N) is 1. The number of carbonyl (C=O) groups is 4. The maximum atomic E-state index is 13.8. The molecule has 1 aromatic rings. The smallest absolute Gasteiger partial charge is 0.325 e. The standard InChI is InChI=1S/C27H35N3O5/c1-35-24(32)16-28-23(31)12-17-4-6-21(7-5-17)29-25(33)22-3-2-8-30(22)26(34)27-13-18-9-19(14-27)11-20(10-18)15-27/h4-7,18-20,22H,2-3,8-16H2,1H3,(H,28,31)(H,29,33). The van der Waals surface area contributed by atoms with E-state index in [0.29, 0.717) is 36.4 Å². The Hall–Kier alpha value is -2.90. The van der Waals surface area contributed by atoms with Crippen LogP contribution in [0.15, 0.2) is 24.3 Å². The van der Waals surface area contributed by atoms with Crippen LogP contribution in [0.3, 0.4) is 0 Å². The van der Waals surface area contributed by atoms with Crippen LogP contribution in [-0.2, 0) is 30.3 Å². The molecule has 5 aliphatic rings. The van der Waals surface area contributed by atoms with E-state index in [1.165, 1.54) is 26.4 Å². The van der Waals surface area contributed by atoms with Crippen molar-refractivity contribution in [3.63, 3.8) is 0 Å². The Kier molecular flexibility index (Phi) is 6.55. The monoisotopic (exact) mass is 481 g/mol. The molecular weight excluding hydrogens is 446 g/mol. The Balaban J connectivity index is 1.18. The second-order valence-electron chi connectivity index (χ2n) is 11.1. The minimum absolute atomic E-state index is 0.126. The largest absolute Gasteiger partial charge is 0.468 e. The lowest BCUT2D eigenvalue weighted by atomic mass is 9.49. The normalized spacial score (nSPS) is 30.7. The van der Waals surface area contributed by atoms with Crippen molar-refractivity contribution in [2.45, 2.75) is 63.8 Å². The molecule has 4 aliphatic carbocycles. The molecule has 0 aromatic heterocycles. The van der Waals surface area contributed by atoms with Gasteiger partial charge in [0.2, 0.25) is 17.7 Å². The van der Waals surface area contributed by atoms with Gasteiger partial charge in [-0.15, -0.1) is 0 Å². The molecule has 35 heavy (non-hydrogen) atoms. The maximum absolute atomic E-state index is 13.8. The first kappa shape index (κ1) is 23.8. The zero-order valence-electron chi connectivity index (χ0n) is 20.4. The topological polar surface area (TPSA) is 105 Å². The number of hydrogen-bond acceptors (Lipinski definition) is 5. The van der Waals surface area contributed by atoms with Crippen LogP contribution in [0.1, 0.15) is 56.9 Å². The van der Waals surface area contributed by atoms with Crippen LogP contribution >= 0.6 is 0 Å². The number of carbonyl (C=O) groups excluding carboxylic acids is 4. The van der Waals surface area contributed by atoms with Gasteiger partial charge in [-0.1, -0.05) is 12.1 Å². The van der Waals surface area contributed by atoms with Gasteiger partial charge in [-0.2, -0.15) is 0 Å². The lowest BCUT2D eigenvalue weighted by Gasteiger charge is -2.56. The number of likely N-dealkylation sites (tertiary alicyclic amines) is 1. The highest BCUT2D eigenvalue weighted by Crippen LogP contribution is 2.60. The third kappa shape index (κ3) is 4.93. The number of ether oxygens (including phenoxy) is 1. The van der Waals surface area contributed by atoms with Crippen LogP contribution in [0.25, 0.3) is 0 Å². The molecule has 3 amide bonds. The van der Waals surface area contributed by atoms with Crippen LogP contribution in [0.4, 0.5) is 5.69 Å². The summed E-state index contributed by atoms with van der Waals surface area (Å²) in [5.74, 6) is 1.39. The lowest BCUT2D eigenvalue weighted by molar-refractivity contribution is -0.160. The predicted molar refractivity (Wildman–Crippen MR) is 129 cm³/mol. The SMILES string of the molecule is COC(=O)CNC(=O)Cc1ccc(NC(=O)C2CCCN2C(=O)C23CC4CC(CC(C4)C2)C3)cc1. The fourth-order valence-electron chi connectivity index (χ4n) is 7.38. The first-order valence-electron chi connectivity index (χ1n) is 12.9. The molecular formula is C27H35N3O5. The second-order valence-corrected chi connectivity index (χ2v) is 11.1. The summed E-state index contributed by atoms with van der Waals surface area (Å²) < 4.78 is 4.51. The van der Waals surface area contributed by atoms with Crippen molar-refractivity contribution in [2.24, 2.45) is 23.2 Å². The van der Waals surface area contributed by atoms with Crippen LogP contribution < -0.4 is 10.6 Å². The van der Waals surface area contributed by atoms with Gasteiger partial charge < -0.3 is 20.3 Å². The van der Waals surface area contributed by atoms with Crippen LogP contribution in [0.5, 0.6) is 0 Å². The summed E-state index contributed by atoms with van der Waals surface area (Å²) in [7, 11) is 1.27. The predicted octanol–water partition coefficient (Wildman–Crippen LogP) is 2.66. The summed E-state index contributed by atoms with van der Waals surface area (Å²) in [4.78, 5) is 52.0. The molecule has 0 spiro atoms. The van der Waals surface area contributed by atoms with Gasteiger partial charge in [0, 0.05) is 12.2 Å². The first-order valence-corrected chi connectivity index (χ1v) is 12.9. The highest BCUT2D eigenvalue weighted by Gasteiger charge is 2.56. The molecule has 8 nitrogen and oxygen atoms in total. The first-order chi connectivity index (χ1) is 16.8. The second kappa shape index (κ2) is 9.63. The minimum Gasteiger partial charge on any atom is -0.468 e. The number of methoxy groups -OCH3 is 1. The molecule has 1 unspecified atom stereocenters. The third-order valence-electron chi connectivity index (χ3n) is 8.55. The van der Waals surface area contributed by atoms with Crippen LogP contribution in [-0.4, -0.2) is 54.8 Å². The Labute approximate surface area is 206 Å². The number of rotatable bonds is 7. The maximum Gasteiger partial charge on any atom is 0.325 e. The number of benzene rings is 1. The highest BCUT2D eigenvalue weighted by molar-refractivity contribution is 5.98. The fourth-order valence-corrected chi connectivity index (χ4v) is 7.38. The van der Waals surface area contributed by atoms with Gasteiger partial charge in [-0.3, -0.25) is 19.2 Å². The molecule has 1 aliphatic heterocycles. The summed E-state index contributed by atoms with van der Waals surface area (Å²) in [5.41, 5.74) is 1.18. The molecule has 8 heteroatoms. The molecule has 1 atom stereocenters. The Morgan fingerprint density at radius 1 is 1.00 bits per heavy atom. The summed E-state index contributed by atoms with van der Waals surface area (Å²) in [6.07, 6.45) is 8.59. The van der Waals surface area contributed by atoms with Gasteiger partial charge in [0.15, 0.2) is 0 Å². The molecule has 2 N–H and O–H groups in total. The van der Waals surface area contributed by atoms with E-state index in [2.05, 4.69) is 15.4 Å². The van der Waals surface area contributed by atoms with E-state index in [9.17, 15) is 19.2 Å². The molecule has 4 bridgehead atoms. The molecule has 6 rings (SSSR count). The fraction of sp³-hybridized carbons (Fsp3) is 0.630. The van der Waals surface area contributed by atoms with Crippen molar-refractivity contribution in [3.8, 4) is 0 Å². The highest BCUT2D eigenvalue weighted by atomic mass is 16.5. The van der Waals surface area contributed by atoms with Gasteiger partial charge in [0.1, 0.15) is 12.6 Å². The van der Waals surface area contributed by atoms with E-state index in [-0.39, 0.29) is 36.1 Å². The van der Waals surface area contributed by atoms with E-state index in [1.54, 1.807) is 24.3 Å². The zero-order valence-corrected chi connectivity index (χ0v) is 20.4. The molecule has 188 valence electrons. The minimum atomic E-state index is -0.501. The van der Waals surface area contributed by atoms with Crippen LogP contribution in [0.2, 0.25) is 0 Å². The van der Waals surface area contributed by atoms with E-state index >= 15 is 0 Å².